The van der Waals surface area contributed by atoms with E-state index in [9.17, 15) is 22.0 Å². The largest absolute Gasteiger partial charge is 0.484 e. The number of aromatic amines is 1. The van der Waals surface area contributed by atoms with Crippen LogP contribution in [0.5, 0.6) is 0 Å². The maximum absolute atomic E-state index is 14.3. The van der Waals surface area contributed by atoms with Crippen molar-refractivity contribution in [2.75, 3.05) is 33.8 Å². The molecule has 0 aliphatic heterocycles. The minimum absolute atomic E-state index is 0.0968. The number of halogens is 5. The van der Waals surface area contributed by atoms with E-state index in [1.165, 1.54) is 22.2 Å². The number of alkyl halides is 5. The van der Waals surface area contributed by atoms with Gasteiger partial charge >= 0.3 is 6.18 Å². The SMILES string of the molecule is CNCCN(C)Cc1c[nH]nc1C1=CC(OCC(F)(F)F)=CC(C)(C(F)(F)P)C1. The van der Waals surface area contributed by atoms with Crippen molar-refractivity contribution in [3.63, 3.8) is 0 Å². The Bertz CT molecular complexity index is 756. The maximum Gasteiger partial charge on any atom is 0.422 e. The molecule has 11 heteroatoms. The van der Waals surface area contributed by atoms with Crippen LogP contribution in [0.1, 0.15) is 24.6 Å². The van der Waals surface area contributed by atoms with E-state index in [4.69, 9.17) is 4.74 Å². The average Bonchev–Trinajstić information content (AvgIpc) is 3.04. The summed E-state index contributed by atoms with van der Waals surface area (Å²) < 4.78 is 71.0. The lowest BCUT2D eigenvalue weighted by atomic mass is 9.78. The van der Waals surface area contributed by atoms with Gasteiger partial charge in [0.15, 0.2) is 6.61 Å². The highest BCUT2D eigenvalue weighted by atomic mass is 31.0. The summed E-state index contributed by atoms with van der Waals surface area (Å²) in [6.07, 6.45) is -0.589. The molecule has 1 aromatic heterocycles. The third-order valence-electron chi connectivity index (χ3n) is 4.71. The lowest BCUT2D eigenvalue weighted by Gasteiger charge is -2.36. The number of hydrogen-bond donors (Lipinski definition) is 2. The fourth-order valence-electron chi connectivity index (χ4n) is 3.03. The number of rotatable bonds is 9. The molecule has 1 aromatic rings. The van der Waals surface area contributed by atoms with E-state index < -0.39 is 23.9 Å². The summed E-state index contributed by atoms with van der Waals surface area (Å²) in [4.78, 5) is 2.02. The van der Waals surface area contributed by atoms with Crippen LogP contribution in [-0.4, -0.2) is 60.7 Å². The molecule has 0 amide bonds. The zero-order valence-electron chi connectivity index (χ0n) is 16.5. The summed E-state index contributed by atoms with van der Waals surface area (Å²) in [6.45, 7) is 1.75. The van der Waals surface area contributed by atoms with Crippen LogP contribution in [0.4, 0.5) is 22.0 Å². The second-order valence-corrected chi connectivity index (χ2v) is 8.16. The van der Waals surface area contributed by atoms with Crippen LogP contribution >= 0.6 is 9.24 Å². The van der Waals surface area contributed by atoms with Gasteiger partial charge < -0.3 is 15.0 Å². The lowest BCUT2D eigenvalue weighted by molar-refractivity contribution is -0.164. The standard InChI is InChI=1S/C18H26F5N4OP/c1-16(18(22,23)29)7-12(6-14(8-16)28-11-17(19,20)21)15-13(9-25-26-15)10-27(3)5-4-24-2/h6,8-9,24H,4-5,7,10-11,29H2,1-3H3,(H,25,26). The molecule has 29 heavy (non-hydrogen) atoms. The van der Waals surface area contributed by atoms with Crippen LogP contribution < -0.4 is 5.32 Å². The van der Waals surface area contributed by atoms with Crippen molar-refractivity contribution in [3.8, 4) is 0 Å². The maximum atomic E-state index is 14.3. The zero-order valence-corrected chi connectivity index (χ0v) is 17.7. The first-order chi connectivity index (χ1) is 13.3. The van der Waals surface area contributed by atoms with E-state index in [0.717, 1.165) is 24.7 Å². The number of nitrogens with zero attached hydrogens (tertiary/aromatic N) is 2. The quantitative estimate of drug-likeness (QED) is 0.453. The summed E-state index contributed by atoms with van der Waals surface area (Å²) in [5.74, 6) is -0.245. The molecule has 2 N–H and O–H groups in total. The molecule has 2 rings (SSSR count). The van der Waals surface area contributed by atoms with Gasteiger partial charge in [0, 0.05) is 31.4 Å². The van der Waals surface area contributed by atoms with Crippen molar-refractivity contribution < 1.29 is 26.7 Å². The first kappa shape index (κ1) is 23.8. The molecule has 2 atom stereocenters. The highest BCUT2D eigenvalue weighted by Gasteiger charge is 2.47. The van der Waals surface area contributed by atoms with Crippen LogP contribution in [0.15, 0.2) is 24.1 Å². The highest BCUT2D eigenvalue weighted by Crippen LogP contribution is 2.51. The molecule has 5 nitrogen and oxygen atoms in total. The molecule has 0 spiro atoms. The van der Waals surface area contributed by atoms with Crippen molar-refractivity contribution in [1.82, 2.24) is 20.4 Å². The monoisotopic (exact) mass is 440 g/mol. The van der Waals surface area contributed by atoms with Crippen LogP contribution in [0.25, 0.3) is 5.57 Å². The molecule has 0 saturated carbocycles. The predicted molar refractivity (Wildman–Crippen MR) is 104 cm³/mol. The van der Waals surface area contributed by atoms with Gasteiger partial charge in [-0.05, 0) is 45.2 Å². The summed E-state index contributed by atoms with van der Waals surface area (Å²) >= 11 is 0. The van der Waals surface area contributed by atoms with Gasteiger partial charge in [0.25, 0.3) is 5.66 Å². The molecule has 2 unspecified atom stereocenters. The van der Waals surface area contributed by atoms with Gasteiger partial charge in [-0.2, -0.15) is 18.3 Å². The molecule has 0 saturated heterocycles. The second-order valence-electron chi connectivity index (χ2n) is 7.44. The molecule has 0 aromatic carbocycles. The van der Waals surface area contributed by atoms with Crippen molar-refractivity contribution in [2.24, 2.45) is 5.41 Å². The smallest absolute Gasteiger partial charge is 0.422 e. The molecule has 1 aliphatic rings. The normalized spacial score (nSPS) is 20.6. The topological polar surface area (TPSA) is 53.2 Å². The summed E-state index contributed by atoms with van der Waals surface area (Å²) in [5.41, 5.74) is -3.38. The van der Waals surface area contributed by atoms with Gasteiger partial charge in [0.1, 0.15) is 5.76 Å². The summed E-state index contributed by atoms with van der Waals surface area (Å²) in [5, 5.41) is 9.94. The van der Waals surface area contributed by atoms with Crippen LogP contribution in [-0.2, 0) is 11.3 Å². The van der Waals surface area contributed by atoms with Gasteiger partial charge in [-0.15, -0.1) is 0 Å². The third-order valence-corrected chi connectivity index (χ3v) is 5.37. The van der Waals surface area contributed by atoms with E-state index in [0.29, 0.717) is 17.8 Å². The fourth-order valence-corrected chi connectivity index (χ4v) is 3.21. The second kappa shape index (κ2) is 9.10. The molecule has 1 heterocycles. The van der Waals surface area contributed by atoms with Crippen molar-refractivity contribution in [1.29, 1.82) is 0 Å². The highest BCUT2D eigenvalue weighted by molar-refractivity contribution is 7.18. The van der Waals surface area contributed by atoms with Crippen LogP contribution in [0.2, 0.25) is 0 Å². The molecular formula is C18H26F5N4OP. The number of aromatic nitrogens is 2. The van der Waals surface area contributed by atoms with Crippen LogP contribution in [0.3, 0.4) is 0 Å². The van der Waals surface area contributed by atoms with E-state index in [-0.39, 0.29) is 12.2 Å². The fraction of sp³-hybridized carbons (Fsp3) is 0.611. The Labute approximate surface area is 168 Å². The van der Waals surface area contributed by atoms with Gasteiger partial charge in [0.2, 0.25) is 0 Å². The predicted octanol–water partition coefficient (Wildman–Crippen LogP) is 3.79. The molecule has 0 bridgehead atoms. The Morgan fingerprint density at radius 3 is 2.62 bits per heavy atom. The minimum atomic E-state index is -4.57. The Kier molecular flexibility index (Phi) is 7.46. The zero-order chi connectivity index (χ0) is 21.9. The van der Waals surface area contributed by atoms with Crippen molar-refractivity contribution in [2.45, 2.75) is 31.7 Å². The van der Waals surface area contributed by atoms with Crippen LogP contribution in [0, 0.1) is 5.41 Å². The van der Waals surface area contributed by atoms with E-state index in [2.05, 4.69) is 15.5 Å². The summed E-state index contributed by atoms with van der Waals surface area (Å²) in [7, 11) is 5.21. The minimum Gasteiger partial charge on any atom is -0.484 e. The van der Waals surface area contributed by atoms with Gasteiger partial charge in [-0.1, -0.05) is 9.24 Å². The third kappa shape index (κ3) is 6.49. The number of hydrogen-bond acceptors (Lipinski definition) is 4. The first-order valence-corrected chi connectivity index (χ1v) is 9.58. The average molecular weight is 440 g/mol. The number of nitrogens with one attached hydrogen (secondary N) is 2. The molecule has 0 radical (unpaired) electrons. The number of likely N-dealkylation sites (N-methyl/N-ethyl adjacent to an activating group) is 2. The number of allylic oxidation sites excluding steroid dienone is 3. The Morgan fingerprint density at radius 1 is 1.34 bits per heavy atom. The van der Waals surface area contributed by atoms with Gasteiger partial charge in [-0.3, -0.25) is 5.10 Å². The lowest BCUT2D eigenvalue weighted by Crippen LogP contribution is -2.34. The van der Waals surface area contributed by atoms with E-state index >= 15 is 0 Å². The van der Waals surface area contributed by atoms with Gasteiger partial charge in [-0.25, -0.2) is 8.78 Å². The Hall–Kier alpha value is -1.51. The van der Waals surface area contributed by atoms with E-state index in [1.807, 2.05) is 19.0 Å². The molecule has 164 valence electrons. The number of H-pyrrole nitrogens is 1. The Morgan fingerprint density at radius 2 is 2.03 bits per heavy atom. The Balaban J connectivity index is 2.33. The molecule has 0 fully saturated rings. The van der Waals surface area contributed by atoms with Gasteiger partial charge in [0.05, 0.1) is 11.1 Å². The first-order valence-electron chi connectivity index (χ1n) is 9.00. The molecule has 1 aliphatic carbocycles. The van der Waals surface area contributed by atoms with Crippen molar-refractivity contribution in [3.05, 3.63) is 35.4 Å². The van der Waals surface area contributed by atoms with E-state index in [1.54, 1.807) is 6.20 Å². The number of ether oxygens (including phenoxy) is 1. The summed E-state index contributed by atoms with van der Waals surface area (Å²) in [6, 6.07) is 0. The molecular weight excluding hydrogens is 414 g/mol. The van der Waals surface area contributed by atoms with Crippen molar-refractivity contribution >= 4 is 14.8 Å².